The van der Waals surface area contributed by atoms with Gasteiger partial charge < -0.3 is 19.7 Å². The van der Waals surface area contributed by atoms with Gasteiger partial charge in [-0.1, -0.05) is 6.07 Å². The fourth-order valence-corrected chi connectivity index (χ4v) is 4.75. The molecule has 0 saturated carbocycles. The molecule has 5 rings (SSSR count). The molecule has 3 amide bonds. The van der Waals surface area contributed by atoms with Gasteiger partial charge in [0, 0.05) is 25.2 Å². The lowest BCUT2D eigenvalue weighted by molar-refractivity contribution is -0.140. The highest BCUT2D eigenvalue weighted by atomic mass is 19.4. The highest BCUT2D eigenvalue weighted by Gasteiger charge is 2.52. The largest absolute Gasteiger partial charge is 0.452 e. The number of anilines is 3. The second kappa shape index (κ2) is 9.71. The summed E-state index contributed by atoms with van der Waals surface area (Å²) in [6, 6.07) is 9.16. The summed E-state index contributed by atoms with van der Waals surface area (Å²) >= 11 is 0. The van der Waals surface area contributed by atoms with Gasteiger partial charge in [-0.25, -0.2) is 23.3 Å². The zero-order valence-corrected chi connectivity index (χ0v) is 22.7. The maximum absolute atomic E-state index is 14.3. The minimum Gasteiger partial charge on any atom is -0.452 e. The Kier molecular flexibility index (Phi) is 6.66. The van der Waals surface area contributed by atoms with Crippen molar-refractivity contribution in [3.8, 4) is 5.75 Å². The van der Waals surface area contributed by atoms with Crippen LogP contribution in [0, 0.1) is 11.6 Å². The Balaban J connectivity index is 1.46. The number of hydrogen-bond donors (Lipinski definition) is 1. The maximum atomic E-state index is 14.3. The standard InChI is InChI=1S/C29H24F5N3O5/c1-27(2)25(39)37(18-8-9-21(31)20(13-18)29(32,33)34)26(40)36(27)14-15-5-6-16(30)11-22(15)35-17-7-10-23-19(12-17)24(38)42-28(3,4)41-23/h5-13,35H,14H2,1-4H3. The van der Waals surface area contributed by atoms with Crippen LogP contribution in [0.15, 0.2) is 54.6 Å². The molecule has 0 unspecified atom stereocenters. The van der Waals surface area contributed by atoms with Crippen molar-refractivity contribution in [1.29, 1.82) is 0 Å². The molecule has 1 N–H and O–H groups in total. The van der Waals surface area contributed by atoms with Crippen LogP contribution >= 0.6 is 0 Å². The average molecular weight is 590 g/mol. The number of alkyl halides is 3. The number of urea groups is 1. The summed E-state index contributed by atoms with van der Waals surface area (Å²) in [5, 5.41) is 3.00. The lowest BCUT2D eigenvalue weighted by Gasteiger charge is -2.32. The molecule has 0 spiro atoms. The number of amides is 3. The number of nitrogens with zero attached hydrogens (tertiary/aromatic N) is 2. The van der Waals surface area contributed by atoms with Crippen LogP contribution in [0.1, 0.15) is 49.2 Å². The zero-order chi connectivity index (χ0) is 30.8. The Morgan fingerprint density at radius 3 is 2.29 bits per heavy atom. The normalized spacial score (nSPS) is 17.6. The number of ether oxygens (including phenoxy) is 2. The Morgan fingerprint density at radius 1 is 0.881 bits per heavy atom. The molecular weight excluding hydrogens is 565 g/mol. The number of benzene rings is 3. The van der Waals surface area contributed by atoms with Crippen LogP contribution in [0.3, 0.4) is 0 Å². The van der Waals surface area contributed by atoms with Crippen molar-refractivity contribution < 1.29 is 45.8 Å². The minimum atomic E-state index is -5.05. The van der Waals surface area contributed by atoms with E-state index in [0.717, 1.165) is 23.1 Å². The van der Waals surface area contributed by atoms with Gasteiger partial charge in [0.15, 0.2) is 0 Å². The molecule has 0 bridgehead atoms. The van der Waals surface area contributed by atoms with Gasteiger partial charge in [0.1, 0.15) is 28.5 Å². The highest BCUT2D eigenvalue weighted by molar-refractivity contribution is 6.23. The van der Waals surface area contributed by atoms with Crippen molar-refractivity contribution >= 4 is 35.0 Å². The number of cyclic esters (lactones) is 1. The van der Waals surface area contributed by atoms with E-state index >= 15 is 0 Å². The van der Waals surface area contributed by atoms with Gasteiger partial charge in [-0.15, -0.1) is 0 Å². The first-order valence-corrected chi connectivity index (χ1v) is 12.6. The predicted octanol–water partition coefficient (Wildman–Crippen LogP) is 6.76. The molecule has 3 aromatic carbocycles. The molecule has 0 aliphatic carbocycles. The van der Waals surface area contributed by atoms with Crippen molar-refractivity contribution in [3.63, 3.8) is 0 Å². The second-order valence-corrected chi connectivity index (χ2v) is 10.8. The third kappa shape index (κ3) is 5.10. The molecule has 2 aliphatic rings. The molecule has 13 heteroatoms. The van der Waals surface area contributed by atoms with Gasteiger partial charge >= 0.3 is 18.2 Å². The topological polar surface area (TPSA) is 88.2 Å². The number of rotatable bonds is 5. The molecule has 0 aromatic heterocycles. The van der Waals surface area contributed by atoms with Crippen molar-refractivity contribution in [1.82, 2.24) is 4.90 Å². The van der Waals surface area contributed by atoms with Crippen molar-refractivity contribution in [3.05, 3.63) is 82.9 Å². The average Bonchev–Trinajstić information content (AvgIpc) is 3.04. The van der Waals surface area contributed by atoms with E-state index in [2.05, 4.69) is 5.32 Å². The predicted molar refractivity (Wildman–Crippen MR) is 140 cm³/mol. The number of imide groups is 1. The van der Waals surface area contributed by atoms with Crippen molar-refractivity contribution in [2.45, 2.75) is 51.7 Å². The van der Waals surface area contributed by atoms with E-state index in [9.17, 15) is 36.3 Å². The first-order valence-electron chi connectivity index (χ1n) is 12.6. The first-order chi connectivity index (χ1) is 19.5. The summed E-state index contributed by atoms with van der Waals surface area (Å²) in [5.74, 6) is -4.49. The highest BCUT2D eigenvalue weighted by Crippen LogP contribution is 2.39. The second-order valence-electron chi connectivity index (χ2n) is 10.8. The van der Waals surface area contributed by atoms with Crippen LogP contribution in [0.2, 0.25) is 0 Å². The van der Waals surface area contributed by atoms with Crippen LogP contribution in [0.5, 0.6) is 5.75 Å². The molecular formula is C29H24F5N3O5. The number of hydrogen-bond acceptors (Lipinski definition) is 6. The third-order valence-corrected chi connectivity index (χ3v) is 6.91. The smallest absolute Gasteiger partial charge is 0.419 e. The Bertz CT molecular complexity index is 1640. The van der Waals surface area contributed by atoms with Crippen molar-refractivity contribution in [2.24, 2.45) is 0 Å². The summed E-state index contributed by atoms with van der Waals surface area (Å²) < 4.78 is 79.1. The monoisotopic (exact) mass is 589 g/mol. The molecule has 0 radical (unpaired) electrons. The van der Waals surface area contributed by atoms with Gasteiger partial charge in [-0.3, -0.25) is 4.79 Å². The van der Waals surface area contributed by atoms with Gasteiger partial charge in [0.05, 0.1) is 17.8 Å². The van der Waals surface area contributed by atoms with E-state index in [-0.39, 0.29) is 17.8 Å². The quantitative estimate of drug-likeness (QED) is 0.201. The number of nitrogens with one attached hydrogen (secondary N) is 1. The zero-order valence-electron chi connectivity index (χ0n) is 22.7. The van der Waals surface area contributed by atoms with Crippen molar-refractivity contribution in [2.75, 3.05) is 10.2 Å². The van der Waals surface area contributed by atoms with Crippen LogP contribution in [0.4, 0.5) is 43.8 Å². The Morgan fingerprint density at radius 2 is 1.60 bits per heavy atom. The van der Waals surface area contributed by atoms with Crippen LogP contribution < -0.4 is 15.0 Å². The minimum absolute atomic E-state index is 0.131. The van der Waals surface area contributed by atoms with Gasteiger partial charge in [0.25, 0.3) is 5.91 Å². The summed E-state index contributed by atoms with van der Waals surface area (Å²) in [4.78, 5) is 40.9. The summed E-state index contributed by atoms with van der Waals surface area (Å²) in [6.07, 6.45) is -5.05. The summed E-state index contributed by atoms with van der Waals surface area (Å²) in [7, 11) is 0. The van der Waals surface area contributed by atoms with E-state index in [1.807, 2.05) is 0 Å². The van der Waals surface area contributed by atoms with E-state index in [4.69, 9.17) is 9.47 Å². The van der Waals surface area contributed by atoms with E-state index in [1.54, 1.807) is 26.0 Å². The first kappa shape index (κ1) is 28.8. The Labute approximate surface area is 236 Å². The fraction of sp³-hybridized carbons (Fsp3) is 0.276. The maximum Gasteiger partial charge on any atom is 0.419 e. The molecule has 1 saturated heterocycles. The number of carbonyl (C=O) groups excluding carboxylic acids is 3. The summed E-state index contributed by atoms with van der Waals surface area (Å²) in [5.41, 5.74) is -2.57. The molecule has 8 nitrogen and oxygen atoms in total. The van der Waals surface area contributed by atoms with Crippen LogP contribution in [0.25, 0.3) is 0 Å². The van der Waals surface area contributed by atoms with E-state index in [0.29, 0.717) is 34.0 Å². The lowest BCUT2D eigenvalue weighted by atomic mass is 10.0. The molecule has 2 heterocycles. The SMILES string of the molecule is CC1(C)OC(=O)c2cc(Nc3cc(F)ccc3CN3C(=O)N(c4ccc(F)c(C(F)(F)F)c4)C(=O)C3(C)C)ccc2O1. The van der Waals surface area contributed by atoms with Gasteiger partial charge in [-0.2, -0.15) is 13.2 Å². The van der Waals surface area contributed by atoms with Crippen LogP contribution in [-0.2, 0) is 22.3 Å². The lowest BCUT2D eigenvalue weighted by Crippen LogP contribution is -2.43. The molecule has 3 aromatic rings. The number of esters is 1. The molecule has 42 heavy (non-hydrogen) atoms. The number of halogens is 5. The van der Waals surface area contributed by atoms with Gasteiger partial charge in [0.2, 0.25) is 5.79 Å². The molecule has 1 fully saturated rings. The molecule has 0 atom stereocenters. The van der Waals surface area contributed by atoms with Crippen LogP contribution in [-0.4, -0.2) is 34.1 Å². The van der Waals surface area contributed by atoms with E-state index < -0.39 is 58.3 Å². The third-order valence-electron chi connectivity index (χ3n) is 6.91. The molecule has 220 valence electrons. The van der Waals surface area contributed by atoms with E-state index in [1.165, 1.54) is 26.0 Å². The number of fused-ring (bicyclic) bond motifs is 1. The summed E-state index contributed by atoms with van der Waals surface area (Å²) in [6.45, 7) is 5.73. The van der Waals surface area contributed by atoms with Gasteiger partial charge in [-0.05, 0) is 67.9 Å². The fourth-order valence-electron chi connectivity index (χ4n) is 4.75. The Hall–Kier alpha value is -4.68. The number of carbonyl (C=O) groups is 3. The molecule has 2 aliphatic heterocycles.